The number of nitrogens with zero attached hydrogens (tertiary/aromatic N) is 3. The standard InChI is InChI=1S/C14H21N3O3/c1-10(11-4-5-11)17(6-7-19-2)13-9-15-8-12(16-13)14(18)20-3/h8-11H,4-7H2,1-3H3. The first kappa shape index (κ1) is 14.7. The molecular weight excluding hydrogens is 258 g/mol. The van der Waals surface area contributed by atoms with Crippen molar-refractivity contribution in [1.82, 2.24) is 9.97 Å². The summed E-state index contributed by atoms with van der Waals surface area (Å²) in [4.78, 5) is 22.2. The summed E-state index contributed by atoms with van der Waals surface area (Å²) >= 11 is 0. The van der Waals surface area contributed by atoms with E-state index in [1.54, 1.807) is 13.3 Å². The summed E-state index contributed by atoms with van der Waals surface area (Å²) in [6.45, 7) is 3.52. The van der Waals surface area contributed by atoms with Gasteiger partial charge in [-0.3, -0.25) is 4.98 Å². The molecule has 6 heteroatoms. The van der Waals surface area contributed by atoms with Crippen molar-refractivity contribution in [3.8, 4) is 0 Å². The van der Waals surface area contributed by atoms with Gasteiger partial charge in [0.1, 0.15) is 5.82 Å². The number of methoxy groups -OCH3 is 2. The molecule has 0 aliphatic heterocycles. The summed E-state index contributed by atoms with van der Waals surface area (Å²) in [5, 5.41) is 0. The smallest absolute Gasteiger partial charge is 0.358 e. The largest absolute Gasteiger partial charge is 0.464 e. The van der Waals surface area contributed by atoms with E-state index in [1.165, 1.54) is 26.1 Å². The Morgan fingerprint density at radius 3 is 2.80 bits per heavy atom. The number of anilines is 1. The van der Waals surface area contributed by atoms with Crippen molar-refractivity contribution in [2.45, 2.75) is 25.8 Å². The predicted octanol–water partition coefficient (Wildman–Crippen LogP) is 1.51. The highest BCUT2D eigenvalue weighted by molar-refractivity contribution is 5.87. The molecule has 0 bridgehead atoms. The van der Waals surface area contributed by atoms with E-state index in [2.05, 4.69) is 26.5 Å². The van der Waals surface area contributed by atoms with Crippen molar-refractivity contribution < 1.29 is 14.3 Å². The van der Waals surface area contributed by atoms with Gasteiger partial charge >= 0.3 is 5.97 Å². The number of aromatic nitrogens is 2. The van der Waals surface area contributed by atoms with Gasteiger partial charge in [-0.25, -0.2) is 9.78 Å². The van der Waals surface area contributed by atoms with Crippen LogP contribution in [0.15, 0.2) is 12.4 Å². The van der Waals surface area contributed by atoms with Gasteiger partial charge < -0.3 is 14.4 Å². The number of esters is 1. The van der Waals surface area contributed by atoms with Crippen molar-refractivity contribution >= 4 is 11.8 Å². The van der Waals surface area contributed by atoms with Crippen LogP contribution in [0.4, 0.5) is 5.82 Å². The Labute approximate surface area is 119 Å². The summed E-state index contributed by atoms with van der Waals surface area (Å²) in [5.41, 5.74) is 0.232. The van der Waals surface area contributed by atoms with Crippen molar-refractivity contribution in [3.63, 3.8) is 0 Å². The molecule has 0 amide bonds. The maximum atomic E-state index is 11.6. The van der Waals surface area contributed by atoms with Crippen molar-refractivity contribution in [2.75, 3.05) is 32.3 Å². The van der Waals surface area contributed by atoms with E-state index in [9.17, 15) is 4.79 Å². The van der Waals surface area contributed by atoms with Crippen molar-refractivity contribution in [3.05, 3.63) is 18.1 Å². The van der Waals surface area contributed by atoms with Gasteiger partial charge in [0, 0.05) is 19.7 Å². The van der Waals surface area contributed by atoms with E-state index in [-0.39, 0.29) is 5.69 Å². The number of ether oxygens (including phenoxy) is 2. The molecule has 1 heterocycles. The molecule has 1 aromatic heterocycles. The first-order chi connectivity index (χ1) is 9.67. The Morgan fingerprint density at radius 1 is 1.45 bits per heavy atom. The second-order valence-electron chi connectivity index (χ2n) is 5.02. The van der Waals surface area contributed by atoms with Crippen LogP contribution >= 0.6 is 0 Å². The minimum absolute atomic E-state index is 0.232. The average Bonchev–Trinajstić information content (AvgIpc) is 3.31. The van der Waals surface area contributed by atoms with Crippen LogP contribution in [-0.4, -0.2) is 49.4 Å². The van der Waals surface area contributed by atoms with Crippen LogP contribution < -0.4 is 4.90 Å². The quantitative estimate of drug-likeness (QED) is 0.705. The molecule has 6 nitrogen and oxygen atoms in total. The van der Waals surface area contributed by atoms with Crippen molar-refractivity contribution in [1.29, 1.82) is 0 Å². The van der Waals surface area contributed by atoms with Gasteiger partial charge in [-0.15, -0.1) is 0 Å². The van der Waals surface area contributed by atoms with Gasteiger partial charge in [0.2, 0.25) is 0 Å². The molecule has 0 radical (unpaired) electrons. The predicted molar refractivity (Wildman–Crippen MR) is 74.8 cm³/mol. The third-order valence-corrected chi connectivity index (χ3v) is 3.64. The van der Waals surface area contributed by atoms with E-state index in [0.717, 1.165) is 6.54 Å². The molecule has 0 N–H and O–H groups in total. The lowest BCUT2D eigenvalue weighted by Gasteiger charge is -2.30. The summed E-state index contributed by atoms with van der Waals surface area (Å²) in [5.74, 6) is 0.921. The summed E-state index contributed by atoms with van der Waals surface area (Å²) in [6, 6.07) is 0.368. The fraction of sp³-hybridized carbons (Fsp3) is 0.643. The van der Waals surface area contributed by atoms with Crippen LogP contribution in [0.5, 0.6) is 0 Å². The molecule has 0 saturated heterocycles. The number of carbonyl (C=O) groups excluding carboxylic acids is 1. The SMILES string of the molecule is COCCN(c1cncc(C(=O)OC)n1)C(C)C1CC1. The Hall–Kier alpha value is -1.69. The molecule has 1 unspecified atom stereocenters. The van der Waals surface area contributed by atoms with Crippen LogP contribution in [0.25, 0.3) is 0 Å². The maximum Gasteiger partial charge on any atom is 0.358 e. The van der Waals surface area contributed by atoms with E-state index >= 15 is 0 Å². The number of rotatable bonds is 7. The summed E-state index contributed by atoms with van der Waals surface area (Å²) in [6.07, 6.45) is 5.59. The second kappa shape index (κ2) is 6.65. The zero-order valence-electron chi connectivity index (χ0n) is 12.2. The van der Waals surface area contributed by atoms with Crippen molar-refractivity contribution in [2.24, 2.45) is 5.92 Å². The van der Waals surface area contributed by atoms with Gasteiger partial charge in [0.25, 0.3) is 0 Å². The van der Waals surface area contributed by atoms with Crippen LogP contribution in [0.3, 0.4) is 0 Å². The molecule has 1 fully saturated rings. The molecule has 1 atom stereocenters. The molecule has 1 aromatic rings. The fourth-order valence-electron chi connectivity index (χ4n) is 2.25. The first-order valence-electron chi connectivity index (χ1n) is 6.83. The highest BCUT2D eigenvalue weighted by Crippen LogP contribution is 2.36. The van der Waals surface area contributed by atoms with E-state index in [0.29, 0.717) is 24.4 Å². The Bertz CT molecular complexity index is 463. The van der Waals surface area contributed by atoms with E-state index in [4.69, 9.17) is 4.74 Å². The van der Waals surface area contributed by atoms with Gasteiger partial charge in [0.05, 0.1) is 26.1 Å². The topological polar surface area (TPSA) is 64.5 Å². The number of hydrogen-bond acceptors (Lipinski definition) is 6. The minimum Gasteiger partial charge on any atom is -0.464 e. The lowest BCUT2D eigenvalue weighted by atomic mass is 10.2. The van der Waals surface area contributed by atoms with Crippen LogP contribution in [0, 0.1) is 5.92 Å². The molecule has 1 aliphatic rings. The number of carbonyl (C=O) groups is 1. The lowest BCUT2D eigenvalue weighted by molar-refractivity contribution is 0.0593. The lowest BCUT2D eigenvalue weighted by Crippen LogP contribution is -2.38. The molecule has 2 rings (SSSR count). The second-order valence-corrected chi connectivity index (χ2v) is 5.02. The van der Waals surface area contributed by atoms with Gasteiger partial charge in [0.15, 0.2) is 5.69 Å². The highest BCUT2D eigenvalue weighted by atomic mass is 16.5. The zero-order chi connectivity index (χ0) is 14.5. The molecule has 0 aromatic carbocycles. The Kier molecular flexibility index (Phi) is 4.89. The molecule has 0 spiro atoms. The first-order valence-corrected chi connectivity index (χ1v) is 6.83. The summed E-state index contributed by atoms with van der Waals surface area (Å²) in [7, 11) is 3.02. The third kappa shape index (κ3) is 3.45. The minimum atomic E-state index is -0.467. The molecule has 110 valence electrons. The number of hydrogen-bond donors (Lipinski definition) is 0. The Morgan fingerprint density at radius 2 is 2.20 bits per heavy atom. The third-order valence-electron chi connectivity index (χ3n) is 3.64. The normalized spacial score (nSPS) is 15.8. The van der Waals surface area contributed by atoms with Gasteiger partial charge in [-0.2, -0.15) is 0 Å². The van der Waals surface area contributed by atoms with Crippen LogP contribution in [0.1, 0.15) is 30.3 Å². The van der Waals surface area contributed by atoms with Crippen LogP contribution in [-0.2, 0) is 9.47 Å². The monoisotopic (exact) mass is 279 g/mol. The van der Waals surface area contributed by atoms with E-state index in [1.807, 2.05) is 0 Å². The molecule has 20 heavy (non-hydrogen) atoms. The fourth-order valence-corrected chi connectivity index (χ4v) is 2.25. The molecular formula is C14H21N3O3. The summed E-state index contributed by atoms with van der Waals surface area (Å²) < 4.78 is 9.85. The van der Waals surface area contributed by atoms with Gasteiger partial charge in [-0.05, 0) is 25.7 Å². The van der Waals surface area contributed by atoms with Gasteiger partial charge in [-0.1, -0.05) is 0 Å². The van der Waals surface area contributed by atoms with Crippen LogP contribution in [0.2, 0.25) is 0 Å². The maximum absolute atomic E-state index is 11.6. The average molecular weight is 279 g/mol. The van der Waals surface area contributed by atoms with E-state index < -0.39 is 5.97 Å². The highest BCUT2D eigenvalue weighted by Gasteiger charge is 2.32. The molecule has 1 aliphatic carbocycles. The molecule has 1 saturated carbocycles. The zero-order valence-corrected chi connectivity index (χ0v) is 12.2. The Balaban J connectivity index is 2.20.